The van der Waals surface area contributed by atoms with Crippen LogP contribution in [0.3, 0.4) is 0 Å². The average molecular weight is 391 g/mol. The molecule has 6 heteroatoms. The van der Waals surface area contributed by atoms with Crippen LogP contribution in [-0.4, -0.2) is 39.7 Å². The van der Waals surface area contributed by atoms with Crippen LogP contribution in [0.25, 0.3) is 0 Å². The summed E-state index contributed by atoms with van der Waals surface area (Å²) in [6.45, 7) is 1.94. The van der Waals surface area contributed by atoms with E-state index in [0.29, 0.717) is 11.3 Å². The maximum atomic E-state index is 13.3. The number of nitrogens with zero attached hydrogens (tertiary/aromatic N) is 2. The molecule has 0 unspecified atom stereocenters. The number of benzene rings is 2. The summed E-state index contributed by atoms with van der Waals surface area (Å²) in [6.07, 6.45) is 4.60. The molecule has 2 aliphatic rings. The largest absolute Gasteiger partial charge is 0.508 e. The van der Waals surface area contributed by atoms with E-state index in [4.69, 9.17) is 4.99 Å². The number of carbonyl (C=O) groups is 2. The van der Waals surface area contributed by atoms with Gasteiger partial charge in [0.2, 0.25) is 5.91 Å². The van der Waals surface area contributed by atoms with Crippen molar-refractivity contribution in [1.29, 1.82) is 0 Å². The molecule has 2 aromatic carbocycles. The van der Waals surface area contributed by atoms with Crippen molar-refractivity contribution < 1.29 is 14.7 Å². The minimum Gasteiger partial charge on any atom is -0.508 e. The highest BCUT2D eigenvalue weighted by Crippen LogP contribution is 2.39. The summed E-state index contributed by atoms with van der Waals surface area (Å²) in [4.78, 5) is 32.5. The van der Waals surface area contributed by atoms with Crippen LogP contribution in [0.15, 0.2) is 53.5 Å². The minimum atomic E-state index is -0.646. The van der Waals surface area contributed by atoms with Crippen LogP contribution in [0, 0.1) is 6.92 Å². The van der Waals surface area contributed by atoms with Crippen molar-refractivity contribution in [3.63, 3.8) is 0 Å². The molecule has 0 saturated heterocycles. The second kappa shape index (κ2) is 7.70. The molecule has 0 atom stereocenters. The van der Waals surface area contributed by atoms with Gasteiger partial charge in [0.15, 0.2) is 0 Å². The van der Waals surface area contributed by atoms with Gasteiger partial charge in [-0.25, -0.2) is 0 Å². The minimum absolute atomic E-state index is 0.0299. The molecule has 150 valence electrons. The topological polar surface area (TPSA) is 82.0 Å². The average Bonchev–Trinajstić information content (AvgIpc) is 2.95. The van der Waals surface area contributed by atoms with Crippen LogP contribution < -0.4 is 5.32 Å². The van der Waals surface area contributed by atoms with Gasteiger partial charge >= 0.3 is 0 Å². The molecule has 2 aromatic rings. The quantitative estimate of drug-likeness (QED) is 0.835. The first-order valence-corrected chi connectivity index (χ1v) is 10.0. The molecule has 1 saturated carbocycles. The second-order valence-electron chi connectivity index (χ2n) is 7.86. The van der Waals surface area contributed by atoms with E-state index >= 15 is 0 Å². The number of amides is 2. The Morgan fingerprint density at radius 2 is 1.86 bits per heavy atom. The van der Waals surface area contributed by atoms with Gasteiger partial charge in [0.25, 0.3) is 5.91 Å². The Labute approximate surface area is 170 Å². The highest BCUT2D eigenvalue weighted by molar-refractivity contribution is 6.47. The predicted molar refractivity (Wildman–Crippen MR) is 112 cm³/mol. The molecular formula is C23H25N3O3. The Balaban J connectivity index is 1.58. The number of aliphatic imine (C=N–C) groups is 1. The van der Waals surface area contributed by atoms with Crippen molar-refractivity contribution in [2.45, 2.75) is 44.7 Å². The first-order valence-electron chi connectivity index (χ1n) is 10.0. The van der Waals surface area contributed by atoms with E-state index in [1.165, 1.54) is 0 Å². The Hall–Kier alpha value is -3.15. The van der Waals surface area contributed by atoms with Crippen LogP contribution in [0.5, 0.6) is 5.75 Å². The lowest BCUT2D eigenvalue weighted by molar-refractivity contribution is -0.134. The van der Waals surface area contributed by atoms with E-state index in [-0.39, 0.29) is 24.1 Å². The van der Waals surface area contributed by atoms with Gasteiger partial charge in [-0.3, -0.25) is 14.6 Å². The third-order valence-corrected chi connectivity index (χ3v) is 5.67. The van der Waals surface area contributed by atoms with Gasteiger partial charge in [-0.1, -0.05) is 18.6 Å². The fourth-order valence-corrected chi connectivity index (χ4v) is 4.23. The Morgan fingerprint density at radius 3 is 2.55 bits per heavy atom. The highest BCUT2D eigenvalue weighted by atomic mass is 16.3. The number of hydrogen-bond acceptors (Lipinski definition) is 4. The smallest absolute Gasteiger partial charge is 0.275 e. The van der Waals surface area contributed by atoms with Crippen molar-refractivity contribution in [3.8, 4) is 5.75 Å². The van der Waals surface area contributed by atoms with Crippen molar-refractivity contribution in [2.75, 3.05) is 11.9 Å². The lowest BCUT2D eigenvalue weighted by atomic mass is 9.88. The van der Waals surface area contributed by atoms with Crippen LogP contribution in [0.4, 0.5) is 5.69 Å². The molecule has 4 rings (SSSR count). The van der Waals surface area contributed by atoms with E-state index in [9.17, 15) is 14.7 Å². The van der Waals surface area contributed by atoms with Gasteiger partial charge in [0, 0.05) is 11.3 Å². The molecule has 2 N–H and O–H groups in total. The van der Waals surface area contributed by atoms with Crippen LogP contribution in [0.2, 0.25) is 0 Å². The summed E-state index contributed by atoms with van der Waals surface area (Å²) in [7, 11) is 0. The number of aryl methyl sites for hydroxylation is 1. The highest BCUT2D eigenvalue weighted by Gasteiger charge is 2.48. The third kappa shape index (κ3) is 3.88. The monoisotopic (exact) mass is 391 g/mol. The third-order valence-electron chi connectivity index (χ3n) is 5.67. The standard InChI is InChI=1S/C23H25N3O3/c1-16-6-5-7-18(14-16)24-20(28)15-26-22(29)21(17-8-10-19(27)11-9-17)25-23(26)12-3-2-4-13-23/h5-11,14,27H,2-4,12-13,15H2,1H3,(H,24,28). The predicted octanol–water partition coefficient (Wildman–Crippen LogP) is 3.63. The maximum absolute atomic E-state index is 13.3. The van der Waals surface area contributed by atoms with E-state index in [0.717, 1.165) is 43.4 Å². The van der Waals surface area contributed by atoms with Crippen molar-refractivity contribution in [1.82, 2.24) is 4.90 Å². The van der Waals surface area contributed by atoms with Gasteiger partial charge in [-0.15, -0.1) is 0 Å². The number of phenolic OH excluding ortho intramolecular Hbond substituents is 1. The van der Waals surface area contributed by atoms with Crippen LogP contribution in [0.1, 0.15) is 43.2 Å². The number of carbonyl (C=O) groups excluding carboxylic acids is 2. The van der Waals surface area contributed by atoms with Gasteiger partial charge in [-0.2, -0.15) is 0 Å². The summed E-state index contributed by atoms with van der Waals surface area (Å²) in [5.74, 6) is -0.311. The summed E-state index contributed by atoms with van der Waals surface area (Å²) in [6, 6.07) is 14.1. The van der Waals surface area contributed by atoms with E-state index in [1.807, 2.05) is 31.2 Å². The molecule has 1 aliphatic carbocycles. The fraction of sp³-hybridized carbons (Fsp3) is 0.348. The zero-order valence-corrected chi connectivity index (χ0v) is 16.5. The van der Waals surface area contributed by atoms with Gasteiger partial charge in [0.1, 0.15) is 23.7 Å². The first kappa shape index (κ1) is 19.2. The Bertz CT molecular complexity index is 960. The summed E-state index contributed by atoms with van der Waals surface area (Å²) in [5, 5.41) is 12.4. The van der Waals surface area contributed by atoms with E-state index in [2.05, 4.69) is 5.32 Å². The number of rotatable bonds is 4. The molecule has 0 bridgehead atoms. The number of phenols is 1. The number of aromatic hydroxyl groups is 1. The SMILES string of the molecule is Cc1cccc(NC(=O)CN2C(=O)C(c3ccc(O)cc3)=NC23CCCCC3)c1. The van der Waals surface area contributed by atoms with Crippen molar-refractivity contribution in [2.24, 2.45) is 4.99 Å². The summed E-state index contributed by atoms with van der Waals surface area (Å²) >= 11 is 0. The summed E-state index contributed by atoms with van der Waals surface area (Å²) < 4.78 is 0. The maximum Gasteiger partial charge on any atom is 0.275 e. The van der Waals surface area contributed by atoms with Gasteiger partial charge in [0.05, 0.1) is 0 Å². The molecule has 2 amide bonds. The fourth-order valence-electron chi connectivity index (χ4n) is 4.23. The molecular weight excluding hydrogens is 366 g/mol. The van der Waals surface area contributed by atoms with E-state index in [1.54, 1.807) is 29.2 Å². The number of hydrogen-bond donors (Lipinski definition) is 2. The molecule has 0 radical (unpaired) electrons. The lowest BCUT2D eigenvalue weighted by Crippen LogP contribution is -2.51. The Kier molecular flexibility index (Phi) is 5.09. The molecule has 1 fully saturated rings. The molecule has 1 aliphatic heterocycles. The van der Waals surface area contributed by atoms with E-state index < -0.39 is 5.66 Å². The number of nitrogens with one attached hydrogen (secondary N) is 1. The molecule has 29 heavy (non-hydrogen) atoms. The second-order valence-corrected chi connectivity index (χ2v) is 7.86. The molecule has 1 spiro atoms. The Morgan fingerprint density at radius 1 is 1.14 bits per heavy atom. The first-order chi connectivity index (χ1) is 14.0. The molecule has 1 heterocycles. The molecule has 0 aromatic heterocycles. The molecule has 6 nitrogen and oxygen atoms in total. The van der Waals surface area contributed by atoms with Crippen molar-refractivity contribution >= 4 is 23.2 Å². The normalized spacial score (nSPS) is 18.0. The zero-order chi connectivity index (χ0) is 20.4. The zero-order valence-electron chi connectivity index (χ0n) is 16.5. The number of anilines is 1. The summed E-state index contributed by atoms with van der Waals surface area (Å²) in [5.41, 5.74) is 2.17. The van der Waals surface area contributed by atoms with Crippen LogP contribution in [-0.2, 0) is 9.59 Å². The lowest BCUT2D eigenvalue weighted by Gasteiger charge is -2.38. The van der Waals surface area contributed by atoms with Gasteiger partial charge in [-0.05, 0) is 74.6 Å². The van der Waals surface area contributed by atoms with Crippen molar-refractivity contribution in [3.05, 3.63) is 59.7 Å². The van der Waals surface area contributed by atoms with Crippen LogP contribution >= 0.6 is 0 Å². The van der Waals surface area contributed by atoms with Gasteiger partial charge < -0.3 is 15.3 Å².